The van der Waals surface area contributed by atoms with E-state index >= 15 is 0 Å². The van der Waals surface area contributed by atoms with Gasteiger partial charge in [0.25, 0.3) is 0 Å². The normalized spacial score (nSPS) is 16.8. The molecule has 1 N–H and O–H groups in total. The van der Waals surface area contributed by atoms with Crippen molar-refractivity contribution in [1.29, 1.82) is 0 Å². The highest BCUT2D eigenvalue weighted by atomic mass is 16.5. The van der Waals surface area contributed by atoms with E-state index in [4.69, 9.17) is 4.74 Å². The van der Waals surface area contributed by atoms with Crippen LogP contribution >= 0.6 is 0 Å². The van der Waals surface area contributed by atoms with Gasteiger partial charge in [-0.2, -0.15) is 10.1 Å². The molecule has 1 aromatic carbocycles. The number of carbonyl (C=O) groups is 1. The average molecular weight is 422 g/mol. The molecule has 162 valence electrons. The Bertz CT molecular complexity index is 1010. The summed E-state index contributed by atoms with van der Waals surface area (Å²) >= 11 is 0. The van der Waals surface area contributed by atoms with Crippen molar-refractivity contribution in [2.45, 2.75) is 19.6 Å². The second-order valence-electron chi connectivity index (χ2n) is 7.68. The molecule has 1 saturated heterocycles. The van der Waals surface area contributed by atoms with Crippen molar-refractivity contribution in [3.05, 3.63) is 60.6 Å². The molecule has 1 fully saturated rings. The minimum atomic E-state index is -0.200. The molecule has 1 aliphatic heterocycles. The molecule has 3 heterocycles. The van der Waals surface area contributed by atoms with E-state index in [9.17, 15) is 4.79 Å². The van der Waals surface area contributed by atoms with Crippen LogP contribution in [0, 0.1) is 0 Å². The molecule has 9 heteroatoms. The zero-order valence-electron chi connectivity index (χ0n) is 17.8. The van der Waals surface area contributed by atoms with Gasteiger partial charge in [-0.05, 0) is 18.6 Å². The van der Waals surface area contributed by atoms with Crippen LogP contribution in [0.3, 0.4) is 0 Å². The fourth-order valence-corrected chi connectivity index (χ4v) is 3.59. The first-order valence-corrected chi connectivity index (χ1v) is 10.3. The number of benzene rings is 1. The van der Waals surface area contributed by atoms with Gasteiger partial charge >= 0.3 is 5.97 Å². The molecule has 3 aromatic rings. The maximum absolute atomic E-state index is 12.3. The van der Waals surface area contributed by atoms with Crippen molar-refractivity contribution in [1.82, 2.24) is 24.6 Å². The second-order valence-corrected chi connectivity index (χ2v) is 7.68. The molecule has 0 amide bonds. The molecule has 1 aliphatic rings. The van der Waals surface area contributed by atoms with Crippen LogP contribution in [0.15, 0.2) is 55.0 Å². The first kappa shape index (κ1) is 20.8. The van der Waals surface area contributed by atoms with E-state index in [0.717, 1.165) is 36.7 Å². The van der Waals surface area contributed by atoms with E-state index < -0.39 is 0 Å². The average Bonchev–Trinajstić information content (AvgIpc) is 3.19. The summed E-state index contributed by atoms with van der Waals surface area (Å²) in [6.45, 7) is 5.03. The van der Waals surface area contributed by atoms with Gasteiger partial charge in [0.2, 0.25) is 5.95 Å². The smallest absolute Gasteiger partial charge is 0.320 e. The third-order valence-corrected chi connectivity index (χ3v) is 5.27. The van der Waals surface area contributed by atoms with Crippen molar-refractivity contribution in [2.75, 3.05) is 36.4 Å². The highest BCUT2D eigenvalue weighted by Crippen LogP contribution is 2.19. The molecule has 9 nitrogen and oxygen atoms in total. The maximum atomic E-state index is 12.3. The molecule has 0 spiro atoms. The molecule has 4 rings (SSSR count). The van der Waals surface area contributed by atoms with Crippen LogP contribution in [-0.4, -0.2) is 62.8 Å². The summed E-state index contributed by atoms with van der Waals surface area (Å²) in [6.07, 6.45) is 5.35. The van der Waals surface area contributed by atoms with Crippen LogP contribution in [0.1, 0.15) is 12.5 Å². The molecule has 0 radical (unpaired) electrons. The van der Waals surface area contributed by atoms with Crippen LogP contribution in [0.2, 0.25) is 0 Å². The monoisotopic (exact) mass is 421 g/mol. The minimum Gasteiger partial charge on any atom is -0.460 e. The van der Waals surface area contributed by atoms with Crippen molar-refractivity contribution in [3.8, 4) is 0 Å². The first-order valence-electron chi connectivity index (χ1n) is 10.3. The van der Waals surface area contributed by atoms with Gasteiger partial charge in [-0.3, -0.25) is 14.4 Å². The largest absolute Gasteiger partial charge is 0.460 e. The molecule has 1 atom stereocenters. The topological polar surface area (TPSA) is 88.4 Å². The minimum absolute atomic E-state index is 0.197. The number of nitrogens with zero attached hydrogens (tertiary/aromatic N) is 6. The number of ether oxygens (including phenoxy) is 1. The Balaban J connectivity index is 1.29. The predicted molar refractivity (Wildman–Crippen MR) is 118 cm³/mol. The zero-order chi connectivity index (χ0) is 21.6. The maximum Gasteiger partial charge on any atom is 0.320 e. The Morgan fingerprint density at radius 1 is 1.23 bits per heavy atom. The lowest BCUT2D eigenvalue weighted by Crippen LogP contribution is -2.53. The van der Waals surface area contributed by atoms with E-state index in [1.165, 1.54) is 0 Å². The highest BCUT2D eigenvalue weighted by molar-refractivity contribution is 5.71. The summed E-state index contributed by atoms with van der Waals surface area (Å²) in [5.41, 5.74) is 1.83. The van der Waals surface area contributed by atoms with Gasteiger partial charge in [0.15, 0.2) is 0 Å². The molecule has 1 unspecified atom stereocenters. The Labute approximate surface area is 181 Å². The molecule has 31 heavy (non-hydrogen) atoms. The van der Waals surface area contributed by atoms with E-state index in [1.807, 2.05) is 49.6 Å². The van der Waals surface area contributed by atoms with Crippen molar-refractivity contribution in [2.24, 2.45) is 7.05 Å². The summed E-state index contributed by atoms with van der Waals surface area (Å²) in [5.74, 6) is 1.19. The highest BCUT2D eigenvalue weighted by Gasteiger charge is 2.26. The number of aryl methyl sites for hydroxylation is 1. The van der Waals surface area contributed by atoms with Gasteiger partial charge in [-0.1, -0.05) is 30.3 Å². The summed E-state index contributed by atoms with van der Waals surface area (Å²) in [6, 6.07) is 11.8. The third-order valence-electron chi connectivity index (χ3n) is 5.27. The standard InChI is InChI=1S/C22H27N7O2/c1-17-13-29(20-8-9-23-22(26-20)25-19-12-24-27(2)14-19)11-10-28(17)15-21(30)31-16-18-6-4-3-5-7-18/h3-9,12,14,17H,10-11,13,15-16H2,1-2H3,(H,23,25,26). The number of hydrogen-bond acceptors (Lipinski definition) is 8. The number of piperazine rings is 1. The quantitative estimate of drug-likeness (QED) is 0.581. The fourth-order valence-electron chi connectivity index (χ4n) is 3.59. The van der Waals surface area contributed by atoms with E-state index in [-0.39, 0.29) is 12.0 Å². The van der Waals surface area contributed by atoms with Gasteiger partial charge in [0, 0.05) is 45.1 Å². The summed E-state index contributed by atoms with van der Waals surface area (Å²) in [5, 5.41) is 7.32. The van der Waals surface area contributed by atoms with Gasteiger partial charge in [-0.25, -0.2) is 4.98 Å². The van der Waals surface area contributed by atoms with E-state index in [1.54, 1.807) is 17.1 Å². The number of rotatable bonds is 7. The predicted octanol–water partition coefficient (Wildman–Crippen LogP) is 2.21. The van der Waals surface area contributed by atoms with E-state index in [0.29, 0.717) is 19.1 Å². The number of anilines is 3. The number of esters is 1. The third kappa shape index (κ3) is 5.58. The van der Waals surface area contributed by atoms with Crippen molar-refractivity contribution in [3.63, 3.8) is 0 Å². The van der Waals surface area contributed by atoms with Crippen LogP contribution in [0.4, 0.5) is 17.5 Å². The lowest BCUT2D eigenvalue weighted by atomic mass is 10.2. The van der Waals surface area contributed by atoms with Crippen LogP contribution in [0.25, 0.3) is 0 Å². The SMILES string of the molecule is CC1CN(c2ccnc(Nc3cnn(C)c3)n2)CCN1CC(=O)OCc1ccccc1. The lowest BCUT2D eigenvalue weighted by Gasteiger charge is -2.39. The van der Waals surface area contributed by atoms with Crippen LogP contribution in [0.5, 0.6) is 0 Å². The van der Waals surface area contributed by atoms with Gasteiger partial charge < -0.3 is 15.0 Å². The molecular formula is C22H27N7O2. The van der Waals surface area contributed by atoms with Crippen LogP contribution in [-0.2, 0) is 23.2 Å². The Hall–Kier alpha value is -3.46. The van der Waals surface area contributed by atoms with Gasteiger partial charge in [0.1, 0.15) is 12.4 Å². The summed E-state index contributed by atoms with van der Waals surface area (Å²) < 4.78 is 7.15. The fraction of sp³-hybridized carbons (Fsp3) is 0.364. The first-order chi connectivity index (χ1) is 15.1. The molecular weight excluding hydrogens is 394 g/mol. The molecule has 0 bridgehead atoms. The number of hydrogen-bond donors (Lipinski definition) is 1. The Kier molecular flexibility index (Phi) is 6.42. The van der Waals surface area contributed by atoms with Crippen molar-refractivity contribution < 1.29 is 9.53 Å². The summed E-state index contributed by atoms with van der Waals surface area (Å²) in [7, 11) is 1.86. The molecule has 2 aromatic heterocycles. The summed E-state index contributed by atoms with van der Waals surface area (Å²) in [4.78, 5) is 25.6. The second kappa shape index (κ2) is 9.57. The number of nitrogens with one attached hydrogen (secondary N) is 1. The number of aromatic nitrogens is 4. The molecule has 0 aliphatic carbocycles. The van der Waals surface area contributed by atoms with E-state index in [2.05, 4.69) is 37.1 Å². The lowest BCUT2D eigenvalue weighted by molar-refractivity contribution is -0.146. The molecule has 0 saturated carbocycles. The van der Waals surface area contributed by atoms with Crippen molar-refractivity contribution >= 4 is 23.4 Å². The number of carbonyl (C=O) groups excluding carboxylic acids is 1. The Morgan fingerprint density at radius 2 is 2.06 bits per heavy atom. The van der Waals surface area contributed by atoms with Crippen LogP contribution < -0.4 is 10.2 Å². The van der Waals surface area contributed by atoms with Gasteiger partial charge in [-0.15, -0.1) is 0 Å². The zero-order valence-corrected chi connectivity index (χ0v) is 17.8. The van der Waals surface area contributed by atoms with Gasteiger partial charge in [0.05, 0.1) is 18.4 Å². The Morgan fingerprint density at radius 3 is 2.81 bits per heavy atom.